The van der Waals surface area contributed by atoms with Gasteiger partial charge < -0.3 is 25.7 Å². The maximum atomic E-state index is 8.50. The van der Waals surface area contributed by atoms with Gasteiger partial charge in [0.05, 0.1) is 6.61 Å². The fourth-order valence-electron chi connectivity index (χ4n) is 1.68. The van der Waals surface area contributed by atoms with Gasteiger partial charge in [-0.3, -0.25) is 0 Å². The smallest absolute Gasteiger partial charge is 0.143 e. The maximum absolute atomic E-state index is 8.50. The highest BCUT2D eigenvalue weighted by atomic mass is 16.5. The molecule has 0 aromatic rings. The Bertz CT molecular complexity index is 239. The van der Waals surface area contributed by atoms with E-state index < -0.39 is 0 Å². The van der Waals surface area contributed by atoms with Crippen LogP contribution in [0.3, 0.4) is 0 Å². The summed E-state index contributed by atoms with van der Waals surface area (Å²) in [6.07, 6.45) is 0.897. The predicted octanol–water partition coefficient (Wildman–Crippen LogP) is -0.236. The van der Waals surface area contributed by atoms with Crippen LogP contribution in [0.15, 0.2) is 5.16 Å². The molecule has 0 amide bonds. The molecule has 0 bridgehead atoms. The van der Waals surface area contributed by atoms with E-state index in [1.807, 2.05) is 6.92 Å². The van der Waals surface area contributed by atoms with Crippen molar-refractivity contribution in [3.05, 3.63) is 0 Å². The molecule has 0 saturated carbocycles. The molecule has 6 nitrogen and oxygen atoms in total. The third kappa shape index (κ3) is 3.33. The quantitative estimate of drug-likeness (QED) is 0.254. The minimum Gasteiger partial charge on any atom is -0.409 e. The summed E-state index contributed by atoms with van der Waals surface area (Å²) < 4.78 is 10.8. The second-order valence-electron chi connectivity index (χ2n) is 4.25. The molecule has 1 fully saturated rings. The molecule has 0 aliphatic carbocycles. The van der Waals surface area contributed by atoms with Crippen LogP contribution < -0.4 is 11.1 Å². The minimum absolute atomic E-state index is 0.00114. The predicted molar refractivity (Wildman–Crippen MR) is 60.6 cm³/mol. The van der Waals surface area contributed by atoms with Gasteiger partial charge in [-0.25, -0.2) is 0 Å². The largest absolute Gasteiger partial charge is 0.409 e. The summed E-state index contributed by atoms with van der Waals surface area (Å²) in [5.74, 6) is 0.239. The van der Waals surface area contributed by atoms with E-state index in [1.54, 1.807) is 7.11 Å². The highest BCUT2D eigenvalue weighted by Gasteiger charge is 2.34. The van der Waals surface area contributed by atoms with E-state index in [0.29, 0.717) is 19.7 Å². The van der Waals surface area contributed by atoms with Crippen LogP contribution in [0.5, 0.6) is 0 Å². The van der Waals surface area contributed by atoms with Crippen LogP contribution in [0.2, 0.25) is 0 Å². The number of nitrogens with one attached hydrogen (secondary N) is 1. The van der Waals surface area contributed by atoms with E-state index in [1.165, 1.54) is 0 Å². The topological polar surface area (TPSA) is 89.1 Å². The average Bonchev–Trinajstić information content (AvgIpc) is 2.77. The third-order valence-corrected chi connectivity index (χ3v) is 3.02. The molecule has 2 atom stereocenters. The highest BCUT2D eigenvalue weighted by molar-refractivity contribution is 5.82. The fourth-order valence-corrected chi connectivity index (χ4v) is 1.68. The SMILES string of the molecule is COC1(CNCC(C)C(N)=NO)CCOC1. The molecule has 0 spiro atoms. The van der Waals surface area contributed by atoms with E-state index in [-0.39, 0.29) is 17.4 Å². The first-order chi connectivity index (χ1) is 7.63. The zero-order valence-corrected chi connectivity index (χ0v) is 9.90. The van der Waals surface area contributed by atoms with Gasteiger partial charge in [0.1, 0.15) is 11.4 Å². The number of methoxy groups -OCH3 is 1. The molecule has 1 aliphatic heterocycles. The Morgan fingerprint density at radius 2 is 2.50 bits per heavy atom. The van der Waals surface area contributed by atoms with E-state index in [4.69, 9.17) is 20.4 Å². The summed E-state index contributed by atoms with van der Waals surface area (Å²) >= 11 is 0. The number of hydrogen-bond donors (Lipinski definition) is 3. The van der Waals surface area contributed by atoms with Gasteiger partial charge in [0, 0.05) is 39.1 Å². The first kappa shape index (κ1) is 13.2. The van der Waals surface area contributed by atoms with Gasteiger partial charge in [0.15, 0.2) is 0 Å². The maximum Gasteiger partial charge on any atom is 0.143 e. The fraction of sp³-hybridized carbons (Fsp3) is 0.900. The van der Waals surface area contributed by atoms with Crippen molar-refractivity contribution in [3.8, 4) is 0 Å². The van der Waals surface area contributed by atoms with Crippen molar-refractivity contribution in [2.24, 2.45) is 16.8 Å². The lowest BCUT2D eigenvalue weighted by atomic mass is 10.0. The zero-order valence-electron chi connectivity index (χ0n) is 9.90. The summed E-state index contributed by atoms with van der Waals surface area (Å²) in [6, 6.07) is 0. The van der Waals surface area contributed by atoms with Crippen LogP contribution in [0, 0.1) is 5.92 Å². The summed E-state index contributed by atoms with van der Waals surface area (Å²) in [7, 11) is 1.70. The van der Waals surface area contributed by atoms with Crippen LogP contribution in [0.4, 0.5) is 0 Å². The lowest BCUT2D eigenvalue weighted by molar-refractivity contribution is -0.0158. The molecule has 0 aromatic heterocycles. The molecule has 1 saturated heterocycles. The van der Waals surface area contributed by atoms with Gasteiger partial charge in [-0.1, -0.05) is 12.1 Å². The van der Waals surface area contributed by atoms with Gasteiger partial charge in [0.25, 0.3) is 0 Å². The van der Waals surface area contributed by atoms with Gasteiger partial charge in [0.2, 0.25) is 0 Å². The summed E-state index contributed by atoms with van der Waals surface area (Å²) in [5, 5.41) is 14.7. The van der Waals surface area contributed by atoms with Crippen LogP contribution in [-0.4, -0.2) is 50.1 Å². The Labute approximate surface area is 95.8 Å². The van der Waals surface area contributed by atoms with Crippen LogP contribution in [-0.2, 0) is 9.47 Å². The lowest BCUT2D eigenvalue weighted by Gasteiger charge is -2.26. The van der Waals surface area contributed by atoms with Gasteiger partial charge in [-0.15, -0.1) is 0 Å². The van der Waals surface area contributed by atoms with E-state index >= 15 is 0 Å². The summed E-state index contributed by atoms with van der Waals surface area (Å²) in [4.78, 5) is 0. The highest BCUT2D eigenvalue weighted by Crippen LogP contribution is 2.21. The molecule has 1 rings (SSSR count). The number of ether oxygens (including phenoxy) is 2. The zero-order chi connectivity index (χ0) is 12.0. The molecule has 94 valence electrons. The van der Waals surface area contributed by atoms with Crippen LogP contribution >= 0.6 is 0 Å². The lowest BCUT2D eigenvalue weighted by Crippen LogP contribution is -2.45. The molecular weight excluding hydrogens is 210 g/mol. The molecule has 6 heteroatoms. The number of hydrogen-bond acceptors (Lipinski definition) is 5. The van der Waals surface area contributed by atoms with Crippen molar-refractivity contribution in [3.63, 3.8) is 0 Å². The molecule has 2 unspecified atom stereocenters. The number of nitrogens with zero attached hydrogens (tertiary/aromatic N) is 1. The minimum atomic E-state index is -0.217. The Hall–Kier alpha value is -0.850. The van der Waals surface area contributed by atoms with Crippen molar-refractivity contribution in [1.82, 2.24) is 5.32 Å². The second kappa shape index (κ2) is 6.03. The average molecular weight is 231 g/mol. The normalized spacial score (nSPS) is 28.2. The molecule has 4 N–H and O–H groups in total. The van der Waals surface area contributed by atoms with Gasteiger partial charge in [-0.2, -0.15) is 0 Å². The number of amidine groups is 1. The first-order valence-corrected chi connectivity index (χ1v) is 5.44. The Balaban J connectivity index is 2.29. The monoisotopic (exact) mass is 231 g/mol. The van der Waals surface area contributed by atoms with Crippen molar-refractivity contribution >= 4 is 5.84 Å². The van der Waals surface area contributed by atoms with Gasteiger partial charge >= 0.3 is 0 Å². The van der Waals surface area contributed by atoms with Crippen molar-refractivity contribution in [2.75, 3.05) is 33.4 Å². The molecule has 0 aromatic carbocycles. The van der Waals surface area contributed by atoms with E-state index in [2.05, 4.69) is 10.5 Å². The van der Waals surface area contributed by atoms with Crippen molar-refractivity contribution in [2.45, 2.75) is 18.9 Å². The number of rotatable bonds is 6. The summed E-state index contributed by atoms with van der Waals surface area (Å²) in [5.41, 5.74) is 5.26. The Morgan fingerprint density at radius 1 is 1.75 bits per heavy atom. The van der Waals surface area contributed by atoms with Crippen molar-refractivity contribution in [1.29, 1.82) is 0 Å². The van der Waals surface area contributed by atoms with Crippen LogP contribution in [0.1, 0.15) is 13.3 Å². The molecule has 16 heavy (non-hydrogen) atoms. The Kier molecular flexibility index (Phi) is 4.98. The van der Waals surface area contributed by atoms with Crippen LogP contribution in [0.25, 0.3) is 0 Å². The molecule has 0 radical (unpaired) electrons. The second-order valence-corrected chi connectivity index (χ2v) is 4.25. The number of oxime groups is 1. The summed E-state index contributed by atoms with van der Waals surface area (Å²) in [6.45, 7) is 4.62. The Morgan fingerprint density at radius 3 is 3.00 bits per heavy atom. The van der Waals surface area contributed by atoms with Gasteiger partial charge in [-0.05, 0) is 0 Å². The number of nitrogens with two attached hydrogens (primary N) is 1. The van der Waals surface area contributed by atoms with Crippen molar-refractivity contribution < 1.29 is 14.7 Å². The molecule has 1 aliphatic rings. The standard InChI is InChI=1S/C10H21N3O3/c1-8(9(11)13-14)5-12-6-10(15-2)3-4-16-7-10/h8,12,14H,3-7H2,1-2H3,(H2,11,13). The van der Waals surface area contributed by atoms with E-state index in [9.17, 15) is 0 Å². The first-order valence-electron chi connectivity index (χ1n) is 5.44. The molecule has 1 heterocycles. The van der Waals surface area contributed by atoms with E-state index in [0.717, 1.165) is 13.0 Å². The molecular formula is C10H21N3O3. The third-order valence-electron chi connectivity index (χ3n) is 3.02.